The molecule has 0 aromatic heterocycles. The van der Waals surface area contributed by atoms with Gasteiger partial charge in [0.15, 0.2) is 0 Å². The molecule has 0 bridgehead atoms. The van der Waals surface area contributed by atoms with E-state index in [1.165, 1.54) is 0 Å². The molecule has 4 nitrogen and oxygen atoms in total. The van der Waals surface area contributed by atoms with Gasteiger partial charge in [-0.25, -0.2) is 0 Å². The third-order valence-corrected chi connectivity index (χ3v) is 3.48. The maximum Gasteiger partial charge on any atom is 0.303 e. The zero-order chi connectivity index (χ0) is 15.2. The molecule has 0 unspecified atom stereocenters. The van der Waals surface area contributed by atoms with Crippen LogP contribution in [0.3, 0.4) is 0 Å². The second-order valence-electron chi connectivity index (χ2n) is 5.53. The molecule has 2 N–H and O–H groups in total. The third kappa shape index (κ3) is 7.19. The number of nitrogens with one attached hydrogen (secondary N) is 1. The van der Waals surface area contributed by atoms with Crippen LogP contribution in [0.4, 0.5) is 5.69 Å². The summed E-state index contributed by atoms with van der Waals surface area (Å²) >= 11 is 1.77. The summed E-state index contributed by atoms with van der Waals surface area (Å²) in [6.45, 7) is 6.45. The summed E-state index contributed by atoms with van der Waals surface area (Å²) in [5.41, 5.74) is 0.739. The Kier molecular flexibility index (Phi) is 6.07. The van der Waals surface area contributed by atoms with E-state index in [2.05, 4.69) is 26.1 Å². The SMILES string of the molecule is CC(C)(C)Sc1ccc(NC(=O)CCCC(=O)O)cc1. The minimum Gasteiger partial charge on any atom is -0.481 e. The molecule has 20 heavy (non-hydrogen) atoms. The van der Waals surface area contributed by atoms with Gasteiger partial charge in [0, 0.05) is 28.2 Å². The fourth-order valence-electron chi connectivity index (χ4n) is 1.58. The van der Waals surface area contributed by atoms with Gasteiger partial charge < -0.3 is 10.4 Å². The Hall–Kier alpha value is -1.49. The summed E-state index contributed by atoms with van der Waals surface area (Å²) in [6.07, 6.45) is 0.610. The predicted molar refractivity (Wildman–Crippen MR) is 82.2 cm³/mol. The number of amides is 1. The minimum atomic E-state index is -0.874. The molecule has 110 valence electrons. The lowest BCUT2D eigenvalue weighted by molar-refractivity contribution is -0.137. The molecule has 0 atom stereocenters. The summed E-state index contributed by atoms with van der Waals surface area (Å²) in [5.74, 6) is -1.02. The average Bonchev–Trinajstić information content (AvgIpc) is 2.29. The van der Waals surface area contributed by atoms with Gasteiger partial charge in [-0.2, -0.15) is 0 Å². The lowest BCUT2D eigenvalue weighted by Gasteiger charge is -2.17. The van der Waals surface area contributed by atoms with E-state index in [0.29, 0.717) is 6.42 Å². The molecule has 1 amide bonds. The first kappa shape index (κ1) is 16.6. The second kappa shape index (κ2) is 7.33. The predicted octanol–water partition coefficient (Wildman–Crippen LogP) is 3.77. The van der Waals surface area contributed by atoms with Gasteiger partial charge in [-0.1, -0.05) is 20.8 Å². The highest BCUT2D eigenvalue weighted by Gasteiger charge is 2.12. The van der Waals surface area contributed by atoms with Gasteiger partial charge in [0.2, 0.25) is 5.91 Å². The Balaban J connectivity index is 2.45. The first-order chi connectivity index (χ1) is 9.26. The molecular weight excluding hydrogens is 274 g/mol. The highest BCUT2D eigenvalue weighted by molar-refractivity contribution is 8.00. The van der Waals surface area contributed by atoms with Gasteiger partial charge in [-0.05, 0) is 30.7 Å². The first-order valence-corrected chi connectivity index (χ1v) is 7.39. The van der Waals surface area contributed by atoms with E-state index in [0.717, 1.165) is 10.6 Å². The van der Waals surface area contributed by atoms with Crippen molar-refractivity contribution in [3.63, 3.8) is 0 Å². The number of carbonyl (C=O) groups excluding carboxylic acids is 1. The van der Waals surface area contributed by atoms with E-state index in [1.807, 2.05) is 24.3 Å². The molecule has 0 heterocycles. The van der Waals surface area contributed by atoms with E-state index in [-0.39, 0.29) is 23.5 Å². The van der Waals surface area contributed by atoms with Crippen LogP contribution in [0.5, 0.6) is 0 Å². The van der Waals surface area contributed by atoms with E-state index < -0.39 is 5.97 Å². The monoisotopic (exact) mass is 295 g/mol. The summed E-state index contributed by atoms with van der Waals surface area (Å²) < 4.78 is 0.154. The normalized spacial score (nSPS) is 11.2. The molecule has 0 aliphatic rings. The zero-order valence-corrected chi connectivity index (χ0v) is 12.9. The Bertz CT molecular complexity index is 463. The smallest absolute Gasteiger partial charge is 0.303 e. The van der Waals surface area contributed by atoms with Crippen LogP contribution in [0.25, 0.3) is 0 Å². The Labute approximate surface area is 124 Å². The molecule has 0 fully saturated rings. The molecule has 0 spiro atoms. The lowest BCUT2D eigenvalue weighted by Crippen LogP contribution is -2.12. The number of thioether (sulfide) groups is 1. The van der Waals surface area contributed by atoms with Crippen molar-refractivity contribution in [2.24, 2.45) is 0 Å². The fourth-order valence-corrected chi connectivity index (χ4v) is 2.56. The number of anilines is 1. The molecule has 1 aromatic rings. The van der Waals surface area contributed by atoms with Crippen molar-refractivity contribution in [3.8, 4) is 0 Å². The third-order valence-electron chi connectivity index (χ3n) is 2.36. The number of aliphatic carboxylic acids is 1. The maximum absolute atomic E-state index is 11.6. The number of hydrogen-bond acceptors (Lipinski definition) is 3. The fraction of sp³-hybridized carbons (Fsp3) is 0.467. The topological polar surface area (TPSA) is 66.4 Å². The number of carboxylic acids is 1. The molecule has 0 aliphatic heterocycles. The molecule has 5 heteroatoms. The summed E-state index contributed by atoms with van der Waals surface area (Å²) in [7, 11) is 0. The molecule has 0 aliphatic carbocycles. The second-order valence-corrected chi connectivity index (χ2v) is 7.43. The number of hydrogen-bond donors (Lipinski definition) is 2. The highest BCUT2D eigenvalue weighted by atomic mass is 32.2. The van der Waals surface area contributed by atoms with Gasteiger partial charge in [0.1, 0.15) is 0 Å². The van der Waals surface area contributed by atoms with Crippen molar-refractivity contribution < 1.29 is 14.7 Å². The van der Waals surface area contributed by atoms with Crippen LogP contribution in [-0.2, 0) is 9.59 Å². The number of carbonyl (C=O) groups is 2. The van der Waals surface area contributed by atoms with Crippen molar-refractivity contribution in [1.29, 1.82) is 0 Å². The minimum absolute atomic E-state index is 0.0224. The number of rotatable bonds is 6. The first-order valence-electron chi connectivity index (χ1n) is 6.57. The molecule has 0 radical (unpaired) electrons. The molecule has 0 saturated carbocycles. The summed E-state index contributed by atoms with van der Waals surface area (Å²) in [5, 5.41) is 11.3. The molecule has 1 aromatic carbocycles. The quantitative estimate of drug-likeness (QED) is 0.784. The zero-order valence-electron chi connectivity index (χ0n) is 12.1. The van der Waals surface area contributed by atoms with Crippen LogP contribution in [0.1, 0.15) is 40.0 Å². The molecule has 0 saturated heterocycles. The van der Waals surface area contributed by atoms with Crippen LogP contribution in [0.15, 0.2) is 29.2 Å². The summed E-state index contributed by atoms with van der Waals surface area (Å²) in [4.78, 5) is 23.1. The van der Waals surface area contributed by atoms with E-state index in [1.54, 1.807) is 11.8 Å². The molecule has 1 rings (SSSR count). The van der Waals surface area contributed by atoms with Crippen molar-refractivity contribution in [3.05, 3.63) is 24.3 Å². The van der Waals surface area contributed by atoms with E-state index in [4.69, 9.17) is 5.11 Å². The van der Waals surface area contributed by atoms with Crippen molar-refractivity contribution >= 4 is 29.3 Å². The van der Waals surface area contributed by atoms with Gasteiger partial charge in [-0.3, -0.25) is 9.59 Å². The Morgan fingerprint density at radius 3 is 2.25 bits per heavy atom. The largest absolute Gasteiger partial charge is 0.481 e. The van der Waals surface area contributed by atoms with Crippen molar-refractivity contribution in [2.45, 2.75) is 49.7 Å². The van der Waals surface area contributed by atoms with Crippen LogP contribution in [0.2, 0.25) is 0 Å². The average molecular weight is 295 g/mol. The standard InChI is InChI=1S/C15H21NO3S/c1-15(2,3)20-12-9-7-11(8-10-12)16-13(17)5-4-6-14(18)19/h7-10H,4-6H2,1-3H3,(H,16,17)(H,18,19). The van der Waals surface area contributed by atoms with E-state index in [9.17, 15) is 9.59 Å². The van der Waals surface area contributed by atoms with Gasteiger partial charge in [0.05, 0.1) is 0 Å². The van der Waals surface area contributed by atoms with Crippen LogP contribution < -0.4 is 5.32 Å². The Morgan fingerprint density at radius 1 is 1.15 bits per heavy atom. The van der Waals surface area contributed by atoms with Gasteiger partial charge >= 0.3 is 5.97 Å². The van der Waals surface area contributed by atoms with Crippen molar-refractivity contribution in [1.82, 2.24) is 0 Å². The Morgan fingerprint density at radius 2 is 1.75 bits per heavy atom. The number of benzene rings is 1. The summed E-state index contributed by atoms with van der Waals surface area (Å²) in [6, 6.07) is 7.68. The van der Waals surface area contributed by atoms with Gasteiger partial charge in [0.25, 0.3) is 0 Å². The van der Waals surface area contributed by atoms with Gasteiger partial charge in [-0.15, -0.1) is 11.8 Å². The van der Waals surface area contributed by atoms with Crippen LogP contribution in [-0.4, -0.2) is 21.7 Å². The van der Waals surface area contributed by atoms with E-state index >= 15 is 0 Å². The van der Waals surface area contributed by atoms with Crippen LogP contribution >= 0.6 is 11.8 Å². The van der Waals surface area contributed by atoms with Crippen molar-refractivity contribution in [2.75, 3.05) is 5.32 Å². The van der Waals surface area contributed by atoms with Crippen LogP contribution in [0, 0.1) is 0 Å². The maximum atomic E-state index is 11.6. The highest BCUT2D eigenvalue weighted by Crippen LogP contribution is 2.32. The number of carboxylic acid groups (broad SMARTS) is 1. The lowest BCUT2D eigenvalue weighted by atomic mass is 10.2. The molecular formula is C15H21NO3S.